The van der Waals surface area contributed by atoms with E-state index in [1.54, 1.807) is 43.5 Å². The lowest BCUT2D eigenvalue weighted by Gasteiger charge is -2.39. The summed E-state index contributed by atoms with van der Waals surface area (Å²) in [6.45, 7) is 12.0. The first-order valence-corrected chi connectivity index (χ1v) is 29.6. The van der Waals surface area contributed by atoms with Crippen LogP contribution in [-0.2, 0) is 57.7 Å². The number of ether oxygens (including phenoxy) is 3. The number of aliphatic carboxylic acids is 2. The minimum absolute atomic E-state index is 0.00431. The Labute approximate surface area is 515 Å². The van der Waals surface area contributed by atoms with Crippen LogP contribution in [0.15, 0.2) is 109 Å². The van der Waals surface area contributed by atoms with Gasteiger partial charge < -0.3 is 67.0 Å². The van der Waals surface area contributed by atoms with Gasteiger partial charge in [0.15, 0.2) is 11.2 Å². The van der Waals surface area contributed by atoms with Crippen LogP contribution in [0, 0.1) is 11.8 Å². The maximum absolute atomic E-state index is 13.3. The number of aryl methyl sites for hydroxylation is 1. The Balaban J connectivity index is 0.886. The number of hydrogen-bond acceptors (Lipinski definition) is 20. The van der Waals surface area contributed by atoms with Gasteiger partial charge >= 0.3 is 24.0 Å². The standard InChI is InChI=1S/C62H81N13O14/c1-7-11-50-40(6)49(76)32-51(89-50)46(14-8-12-36(2)30-38(4)31-37(3)17-23-45-13-9-16-54(79)88-45)70-62(86)87-29-27-43-35-75(74-73-43)28-10-15-47(59(82)83)68-53(78)26-24-48(60(84)85)69-52(77)25-18-39(5)66-57(80)41-19-21-42(22-20-41)64-33-44-34-65-56-55(67-44)58(81)72-61(63)71-56/h7-9,11-12,14,16-17,19-23,31,34-35,38-40,45-51,64,76H,10,13,15,18,24-30,32-33H2,1-6H3,(H,66,80)(H,68,78)(H,69,77)(H,70,86)(H,82,83)(H,84,85)(H3,63,65,71,72,81)/b11-7+,14-8+,23-17+,36-12+,37-31-/t38-,39-,40+,45?,46-,47+,48+,49-,50?,51?/m1/s1. The number of carboxylic acids is 2. The van der Waals surface area contributed by atoms with Gasteiger partial charge in [0.1, 0.15) is 18.2 Å². The molecule has 1 saturated heterocycles. The Morgan fingerprint density at radius 1 is 0.921 bits per heavy atom. The number of aliphatic hydroxyl groups is 1. The van der Waals surface area contributed by atoms with Crippen LogP contribution >= 0.6 is 0 Å². The molecule has 27 nitrogen and oxygen atoms in total. The number of nitrogens with zero attached hydrogens (tertiary/aromatic N) is 7. The first-order chi connectivity index (χ1) is 42.5. The molecule has 0 saturated carbocycles. The van der Waals surface area contributed by atoms with Crippen molar-refractivity contribution in [3.63, 3.8) is 0 Å². The number of alkyl carbamates (subject to hydrolysis) is 1. The van der Waals surface area contributed by atoms with Crippen molar-refractivity contribution in [3.8, 4) is 5.88 Å². The minimum atomic E-state index is -1.45. The zero-order valence-corrected chi connectivity index (χ0v) is 50.8. The Morgan fingerprint density at radius 3 is 2.35 bits per heavy atom. The van der Waals surface area contributed by atoms with E-state index in [0.717, 1.165) is 17.6 Å². The Hall–Kier alpha value is -9.37. The maximum Gasteiger partial charge on any atom is 0.407 e. The second kappa shape index (κ2) is 34.2. The van der Waals surface area contributed by atoms with Gasteiger partial charge in [0.2, 0.25) is 23.6 Å². The highest BCUT2D eigenvalue weighted by Gasteiger charge is 2.37. The molecule has 0 spiro atoms. The number of nitrogens with one attached hydrogen (secondary N) is 5. The molecule has 1 aromatic carbocycles. The lowest BCUT2D eigenvalue weighted by atomic mass is 9.87. The molecule has 11 N–H and O–H groups in total. The number of benzene rings is 1. The van der Waals surface area contributed by atoms with Gasteiger partial charge in [-0.25, -0.2) is 29.1 Å². The van der Waals surface area contributed by atoms with Crippen LogP contribution in [0.4, 0.5) is 16.4 Å². The van der Waals surface area contributed by atoms with Crippen molar-refractivity contribution in [2.75, 3.05) is 17.7 Å². The van der Waals surface area contributed by atoms with Crippen molar-refractivity contribution in [2.45, 2.75) is 167 Å². The smallest absolute Gasteiger partial charge is 0.407 e. The number of cyclic esters (lactones) is 1. The number of aromatic hydroxyl groups is 1. The van der Waals surface area contributed by atoms with Crippen LogP contribution in [0.3, 0.4) is 0 Å². The van der Waals surface area contributed by atoms with Crippen LogP contribution < -0.4 is 32.3 Å². The molecule has 4 amide bonds. The highest BCUT2D eigenvalue weighted by molar-refractivity contribution is 5.95. The second-order valence-corrected chi connectivity index (χ2v) is 22.2. The molecular weight excluding hydrogens is 1150 g/mol. The quantitative estimate of drug-likeness (QED) is 0.0164. The molecule has 0 bridgehead atoms. The van der Waals surface area contributed by atoms with E-state index in [1.807, 2.05) is 70.2 Å². The summed E-state index contributed by atoms with van der Waals surface area (Å²) in [5, 5.41) is 62.7. The van der Waals surface area contributed by atoms with E-state index >= 15 is 0 Å². The minimum Gasteiger partial charge on any atom is -0.492 e. The first kappa shape index (κ1) is 68.7. The summed E-state index contributed by atoms with van der Waals surface area (Å²) in [5.74, 6) is -5.28. The predicted molar refractivity (Wildman–Crippen MR) is 327 cm³/mol. The third kappa shape index (κ3) is 23.0. The van der Waals surface area contributed by atoms with Crippen LogP contribution in [0.2, 0.25) is 0 Å². The molecule has 5 heterocycles. The van der Waals surface area contributed by atoms with Gasteiger partial charge in [-0.3, -0.25) is 19.1 Å². The van der Waals surface area contributed by atoms with E-state index in [4.69, 9.17) is 19.9 Å². The summed E-state index contributed by atoms with van der Waals surface area (Å²) >= 11 is 0. The van der Waals surface area contributed by atoms with Crippen molar-refractivity contribution < 1.29 is 68.2 Å². The molecular formula is C62H81N13O14. The van der Waals surface area contributed by atoms with Gasteiger partial charge in [0.25, 0.3) is 5.91 Å². The molecule has 2 aliphatic rings. The molecule has 27 heteroatoms. The molecule has 4 aromatic rings. The molecule has 3 unspecified atom stereocenters. The SMILES string of the molecule is C/C=C/C1OC([C@@H](/C=C/C=C(\C)C[C@@H](C)/C=C(C)\C=C\C2CC=CC(=O)O2)NC(=O)OCCc2cn(CCC[C@H](NC(=O)CC[C@H](NC(=O)CC[C@@H](C)NC(=O)c3ccc(NCc4cnc5nc(N)nc(O)c5n4)cc3)C(=O)O)C(=O)O)nn2)C[C@@H](O)[C@@H]1C. The Bertz CT molecular complexity index is 3290. The zero-order valence-electron chi connectivity index (χ0n) is 50.8. The van der Waals surface area contributed by atoms with Crippen molar-refractivity contribution >= 4 is 64.5 Å². The van der Waals surface area contributed by atoms with Crippen LogP contribution in [0.5, 0.6) is 5.88 Å². The van der Waals surface area contributed by atoms with Gasteiger partial charge in [-0.1, -0.05) is 78.8 Å². The number of fused-ring (bicyclic) bond motifs is 1. The fourth-order valence-corrected chi connectivity index (χ4v) is 9.81. The lowest BCUT2D eigenvalue weighted by Crippen LogP contribution is -2.51. The molecule has 6 rings (SSSR count). The molecule has 2 aliphatic heterocycles. The number of carbonyl (C=O) groups excluding carboxylic acids is 5. The molecule has 0 aliphatic carbocycles. The average Bonchev–Trinajstić information content (AvgIpc) is 2.42. The van der Waals surface area contributed by atoms with Crippen LogP contribution in [0.1, 0.15) is 121 Å². The number of rotatable bonds is 32. The van der Waals surface area contributed by atoms with E-state index in [1.165, 1.54) is 17.0 Å². The Morgan fingerprint density at radius 2 is 1.64 bits per heavy atom. The number of hydrogen-bond donors (Lipinski definition) is 10. The molecule has 1 fully saturated rings. The second-order valence-electron chi connectivity index (χ2n) is 22.2. The van der Waals surface area contributed by atoms with Crippen LogP contribution in [-0.4, -0.2) is 152 Å². The number of anilines is 2. The number of carbonyl (C=O) groups is 7. The summed E-state index contributed by atoms with van der Waals surface area (Å²) in [6, 6.07) is 2.66. The summed E-state index contributed by atoms with van der Waals surface area (Å²) < 4.78 is 18.8. The topological polar surface area (TPSA) is 397 Å². The number of amides is 4. The third-order valence-corrected chi connectivity index (χ3v) is 14.6. The van der Waals surface area contributed by atoms with E-state index in [2.05, 4.69) is 69.8 Å². The van der Waals surface area contributed by atoms with Crippen molar-refractivity contribution in [2.24, 2.45) is 11.8 Å². The number of allylic oxidation sites excluding steroid dienone is 7. The van der Waals surface area contributed by atoms with E-state index < -0.39 is 78.5 Å². The fourth-order valence-electron chi connectivity index (χ4n) is 9.81. The molecule has 478 valence electrons. The molecule has 0 radical (unpaired) electrons. The van der Waals surface area contributed by atoms with Gasteiger partial charge in [0, 0.05) is 74.1 Å². The largest absolute Gasteiger partial charge is 0.492 e. The normalized spacial score (nSPS) is 19.7. The third-order valence-electron chi connectivity index (χ3n) is 14.6. The number of nitrogens with two attached hydrogens (primary N) is 1. The molecule has 10 atom stereocenters. The lowest BCUT2D eigenvalue weighted by molar-refractivity contribution is -0.143. The molecule has 89 heavy (non-hydrogen) atoms. The van der Waals surface area contributed by atoms with Crippen molar-refractivity contribution in [3.05, 3.63) is 126 Å². The van der Waals surface area contributed by atoms with Crippen LogP contribution in [0.25, 0.3) is 11.2 Å². The number of aromatic nitrogens is 7. The number of aliphatic hydroxyl groups excluding tert-OH is 1. The monoisotopic (exact) mass is 1230 g/mol. The zero-order chi connectivity index (χ0) is 64.6. The highest BCUT2D eigenvalue weighted by Crippen LogP contribution is 2.29. The van der Waals surface area contributed by atoms with E-state index in [9.17, 15) is 54.0 Å². The van der Waals surface area contributed by atoms with E-state index in [0.29, 0.717) is 29.1 Å². The van der Waals surface area contributed by atoms with E-state index in [-0.39, 0.29) is 118 Å². The number of carboxylic acid groups (broad SMARTS) is 2. The maximum atomic E-state index is 13.3. The predicted octanol–water partition coefficient (Wildman–Crippen LogP) is 5.48. The van der Waals surface area contributed by atoms with Gasteiger partial charge in [-0.15, -0.1) is 5.10 Å². The summed E-state index contributed by atoms with van der Waals surface area (Å²) in [5.41, 5.74) is 9.92. The Kier molecular flexibility index (Phi) is 26.5. The van der Waals surface area contributed by atoms with Gasteiger partial charge in [0.05, 0.1) is 55.1 Å². The average molecular weight is 1230 g/mol. The van der Waals surface area contributed by atoms with Gasteiger partial charge in [-0.05, 0) is 96.1 Å². The van der Waals surface area contributed by atoms with Gasteiger partial charge in [-0.2, -0.15) is 9.97 Å². The first-order valence-electron chi connectivity index (χ1n) is 29.6. The number of nitrogen functional groups attached to an aromatic ring is 1. The number of esters is 1. The van der Waals surface area contributed by atoms with Crippen molar-refractivity contribution in [1.29, 1.82) is 0 Å². The molecule has 3 aromatic heterocycles. The summed E-state index contributed by atoms with van der Waals surface area (Å²) in [6.07, 6.45) is 20.5. The van der Waals surface area contributed by atoms with Crippen molar-refractivity contribution in [1.82, 2.24) is 56.2 Å². The summed E-state index contributed by atoms with van der Waals surface area (Å²) in [4.78, 5) is 104. The summed E-state index contributed by atoms with van der Waals surface area (Å²) in [7, 11) is 0. The fraction of sp³-hybridized carbons (Fsp3) is 0.468. The highest BCUT2D eigenvalue weighted by atomic mass is 16.6.